The normalized spacial score (nSPS) is 13.3. The van der Waals surface area contributed by atoms with Gasteiger partial charge in [-0.2, -0.15) is 0 Å². The number of amides is 1. The first-order valence-corrected chi connectivity index (χ1v) is 7.17. The van der Waals surface area contributed by atoms with Crippen LogP contribution in [0.4, 0.5) is 5.69 Å². The van der Waals surface area contributed by atoms with Gasteiger partial charge in [-0.25, -0.2) is 0 Å². The molecule has 1 amide bonds. The summed E-state index contributed by atoms with van der Waals surface area (Å²) in [6, 6.07) is 5.02. The highest BCUT2D eigenvalue weighted by Gasteiger charge is 2.17. The fourth-order valence-corrected chi connectivity index (χ4v) is 1.68. The minimum Gasteiger partial charge on any atom is -0.492 e. The van der Waals surface area contributed by atoms with Crippen molar-refractivity contribution in [3.63, 3.8) is 0 Å². The molecule has 0 spiro atoms. The van der Waals surface area contributed by atoms with Crippen molar-refractivity contribution >= 4 is 35.6 Å². The molecule has 1 aromatic carbocycles. The maximum atomic E-state index is 11.9. The van der Waals surface area contributed by atoms with Gasteiger partial charge in [0.05, 0.1) is 17.5 Å². The number of benzene rings is 1. The van der Waals surface area contributed by atoms with Crippen molar-refractivity contribution in [2.24, 2.45) is 17.6 Å². The number of nitrogens with two attached hydrogens (primary N) is 1. The van der Waals surface area contributed by atoms with E-state index in [-0.39, 0.29) is 30.3 Å². The van der Waals surface area contributed by atoms with Gasteiger partial charge in [-0.05, 0) is 31.0 Å². The monoisotopic (exact) mass is 334 g/mol. The van der Waals surface area contributed by atoms with Crippen LogP contribution in [-0.2, 0) is 4.79 Å². The number of carbonyl (C=O) groups is 1. The summed E-state index contributed by atoms with van der Waals surface area (Å²) in [5.74, 6) is 0.675. The number of nitrogens with one attached hydrogen (secondary N) is 1. The Kier molecular flexibility index (Phi) is 8.71. The van der Waals surface area contributed by atoms with Crippen LogP contribution in [0.25, 0.3) is 0 Å². The van der Waals surface area contributed by atoms with Crippen LogP contribution in [0.5, 0.6) is 5.75 Å². The van der Waals surface area contributed by atoms with Gasteiger partial charge in [-0.15, -0.1) is 12.4 Å². The summed E-state index contributed by atoms with van der Waals surface area (Å²) in [6.07, 6.45) is 0. The highest BCUT2D eigenvalue weighted by atomic mass is 35.5. The predicted molar refractivity (Wildman–Crippen MR) is 90.5 cm³/mol. The van der Waals surface area contributed by atoms with Crippen molar-refractivity contribution in [3.8, 4) is 5.75 Å². The van der Waals surface area contributed by atoms with Crippen molar-refractivity contribution in [1.29, 1.82) is 0 Å². The first-order chi connectivity index (χ1) is 9.31. The second-order valence-electron chi connectivity index (χ2n) is 5.49. The van der Waals surface area contributed by atoms with E-state index in [1.54, 1.807) is 32.0 Å². The second-order valence-corrected chi connectivity index (χ2v) is 5.89. The molecule has 3 N–H and O–H groups in total. The Hall–Kier alpha value is -0.970. The van der Waals surface area contributed by atoms with Crippen LogP contribution in [0.1, 0.15) is 27.7 Å². The molecule has 120 valence electrons. The number of carbonyl (C=O) groups excluding carboxylic acids is 1. The lowest BCUT2D eigenvalue weighted by atomic mass is 10.0. The molecule has 4 nitrogen and oxygen atoms in total. The van der Waals surface area contributed by atoms with Crippen molar-refractivity contribution in [1.82, 2.24) is 0 Å². The van der Waals surface area contributed by atoms with Crippen LogP contribution in [0.2, 0.25) is 5.02 Å². The Morgan fingerprint density at radius 1 is 1.33 bits per heavy atom. The summed E-state index contributed by atoms with van der Waals surface area (Å²) in [5, 5.41) is 3.28. The van der Waals surface area contributed by atoms with E-state index >= 15 is 0 Å². The molecule has 21 heavy (non-hydrogen) atoms. The molecule has 0 aliphatic heterocycles. The lowest BCUT2D eigenvalue weighted by Crippen LogP contribution is -2.34. The average Bonchev–Trinajstić information content (AvgIpc) is 2.36. The zero-order chi connectivity index (χ0) is 15.3. The number of hydrogen-bond donors (Lipinski definition) is 2. The maximum absolute atomic E-state index is 11.9. The largest absolute Gasteiger partial charge is 0.492 e. The molecule has 6 heteroatoms. The van der Waals surface area contributed by atoms with Crippen LogP contribution >= 0.6 is 24.0 Å². The zero-order valence-electron chi connectivity index (χ0n) is 12.9. The van der Waals surface area contributed by atoms with Crippen molar-refractivity contribution in [2.75, 3.05) is 11.9 Å². The first kappa shape index (κ1) is 20.0. The Morgan fingerprint density at radius 3 is 2.43 bits per heavy atom. The molecule has 0 radical (unpaired) electrons. The molecule has 0 aromatic heterocycles. The minimum atomic E-state index is -0.259. The Balaban J connectivity index is 0.00000400. The van der Waals surface area contributed by atoms with Crippen LogP contribution < -0.4 is 15.8 Å². The summed E-state index contributed by atoms with van der Waals surface area (Å²) in [7, 11) is 0. The standard InChI is InChI=1S/C15H23ClN2O2.ClH/c1-9(2)8-20-14-6-5-12(7-13(14)16)18-15(19)10(3)11(4)17;/h5-7,9-11H,8,17H2,1-4H3,(H,18,19);1H. The molecule has 0 heterocycles. The highest BCUT2D eigenvalue weighted by Crippen LogP contribution is 2.28. The van der Waals surface area contributed by atoms with Crippen LogP contribution in [-0.4, -0.2) is 18.6 Å². The quantitative estimate of drug-likeness (QED) is 0.833. The first-order valence-electron chi connectivity index (χ1n) is 6.80. The van der Waals surface area contributed by atoms with E-state index in [2.05, 4.69) is 19.2 Å². The topological polar surface area (TPSA) is 64.3 Å². The number of anilines is 1. The van der Waals surface area contributed by atoms with Gasteiger partial charge < -0.3 is 15.8 Å². The van der Waals surface area contributed by atoms with E-state index in [0.717, 1.165) is 0 Å². The van der Waals surface area contributed by atoms with E-state index in [0.29, 0.717) is 29.0 Å². The SMILES string of the molecule is CC(C)COc1ccc(NC(=O)C(C)C(C)N)cc1Cl.Cl. The van der Waals surface area contributed by atoms with E-state index in [1.807, 2.05) is 0 Å². The summed E-state index contributed by atoms with van der Waals surface area (Å²) in [5.41, 5.74) is 6.35. The molecule has 0 aliphatic carbocycles. The highest BCUT2D eigenvalue weighted by molar-refractivity contribution is 6.32. The third-order valence-corrected chi connectivity index (χ3v) is 3.27. The van der Waals surface area contributed by atoms with Gasteiger partial charge in [0.15, 0.2) is 0 Å². The van der Waals surface area contributed by atoms with Crippen LogP contribution in [0, 0.1) is 11.8 Å². The smallest absolute Gasteiger partial charge is 0.228 e. The summed E-state index contributed by atoms with van der Waals surface area (Å²) in [6.45, 7) is 8.34. The predicted octanol–water partition coefficient (Wildman–Crippen LogP) is 3.72. The zero-order valence-corrected chi connectivity index (χ0v) is 14.4. The van der Waals surface area contributed by atoms with Gasteiger partial charge in [0.2, 0.25) is 5.91 Å². The molecular formula is C15H24Cl2N2O2. The third-order valence-electron chi connectivity index (χ3n) is 2.97. The molecule has 0 bridgehead atoms. The molecule has 0 fully saturated rings. The molecule has 2 unspecified atom stereocenters. The number of ether oxygens (including phenoxy) is 1. The maximum Gasteiger partial charge on any atom is 0.228 e. The van der Waals surface area contributed by atoms with Gasteiger partial charge in [-0.3, -0.25) is 4.79 Å². The van der Waals surface area contributed by atoms with Gasteiger partial charge in [0, 0.05) is 11.7 Å². The number of hydrogen-bond acceptors (Lipinski definition) is 3. The fourth-order valence-electron chi connectivity index (χ4n) is 1.45. The van der Waals surface area contributed by atoms with E-state index in [9.17, 15) is 4.79 Å². The van der Waals surface area contributed by atoms with Crippen molar-refractivity contribution < 1.29 is 9.53 Å². The van der Waals surface area contributed by atoms with Gasteiger partial charge >= 0.3 is 0 Å². The molecule has 1 rings (SSSR count). The molecule has 0 saturated carbocycles. The lowest BCUT2D eigenvalue weighted by Gasteiger charge is -2.16. The number of rotatable bonds is 6. The van der Waals surface area contributed by atoms with Crippen LogP contribution in [0.15, 0.2) is 18.2 Å². The van der Waals surface area contributed by atoms with E-state index in [1.165, 1.54) is 0 Å². The van der Waals surface area contributed by atoms with E-state index in [4.69, 9.17) is 22.1 Å². The van der Waals surface area contributed by atoms with E-state index < -0.39 is 0 Å². The molecule has 2 atom stereocenters. The molecule has 0 aliphatic rings. The van der Waals surface area contributed by atoms with Crippen molar-refractivity contribution in [2.45, 2.75) is 33.7 Å². The third kappa shape index (κ3) is 6.55. The summed E-state index contributed by atoms with van der Waals surface area (Å²) < 4.78 is 5.58. The summed E-state index contributed by atoms with van der Waals surface area (Å²) >= 11 is 6.14. The van der Waals surface area contributed by atoms with Crippen LogP contribution in [0.3, 0.4) is 0 Å². The van der Waals surface area contributed by atoms with Gasteiger partial charge in [0.25, 0.3) is 0 Å². The Bertz CT molecular complexity index is 465. The number of halogens is 2. The lowest BCUT2D eigenvalue weighted by molar-refractivity contribution is -0.119. The fraction of sp³-hybridized carbons (Fsp3) is 0.533. The molecule has 1 aromatic rings. The minimum absolute atomic E-state index is 0. The Morgan fingerprint density at radius 2 is 1.95 bits per heavy atom. The second kappa shape index (κ2) is 9.13. The summed E-state index contributed by atoms with van der Waals surface area (Å²) in [4.78, 5) is 11.9. The Labute approximate surface area is 137 Å². The van der Waals surface area contributed by atoms with Crippen molar-refractivity contribution in [3.05, 3.63) is 23.2 Å². The average molecular weight is 335 g/mol. The molecule has 0 saturated heterocycles. The van der Waals surface area contributed by atoms with Gasteiger partial charge in [0.1, 0.15) is 5.75 Å². The van der Waals surface area contributed by atoms with Gasteiger partial charge in [-0.1, -0.05) is 32.4 Å². The molecular weight excluding hydrogens is 311 g/mol.